The zero-order valence-electron chi connectivity index (χ0n) is 9.80. The molecule has 0 saturated carbocycles. The summed E-state index contributed by atoms with van der Waals surface area (Å²) in [5, 5.41) is 0. The van der Waals surface area contributed by atoms with Crippen LogP contribution in [0.4, 0.5) is 0 Å². The number of rotatable bonds is 6. The van der Waals surface area contributed by atoms with E-state index >= 15 is 0 Å². The molecule has 0 rings (SSSR count). The third-order valence-corrected chi connectivity index (χ3v) is 2.21. The van der Waals surface area contributed by atoms with Gasteiger partial charge in [0.2, 0.25) is 0 Å². The highest BCUT2D eigenvalue weighted by Crippen LogP contribution is 2.11. The van der Waals surface area contributed by atoms with E-state index in [4.69, 9.17) is 13.1 Å². The van der Waals surface area contributed by atoms with Crippen LogP contribution >= 0.6 is 0 Å². The first-order chi connectivity index (χ1) is 8.10. The lowest BCUT2D eigenvalue weighted by Gasteiger charge is -2.04. The van der Waals surface area contributed by atoms with Crippen LogP contribution in [0, 0.1) is 13.1 Å². The first-order valence-electron chi connectivity index (χ1n) is 4.99. The van der Waals surface area contributed by atoms with Crippen molar-refractivity contribution >= 4 is 11.9 Å². The van der Waals surface area contributed by atoms with Crippen molar-refractivity contribution in [1.82, 2.24) is 0 Å². The average Bonchev–Trinajstić information content (AvgIpc) is 2.37. The second-order valence-corrected chi connectivity index (χ2v) is 3.27. The molecule has 0 unspecified atom stereocenters. The molecular formula is C11H14N2O4. The summed E-state index contributed by atoms with van der Waals surface area (Å²) >= 11 is 0. The van der Waals surface area contributed by atoms with Crippen LogP contribution in [0.3, 0.4) is 0 Å². The first-order valence-corrected chi connectivity index (χ1v) is 4.99. The minimum Gasteiger partial charge on any atom is -0.463 e. The molecular weight excluding hydrogens is 224 g/mol. The number of hydrogen-bond donors (Lipinski definition) is 0. The summed E-state index contributed by atoms with van der Waals surface area (Å²) in [4.78, 5) is 28.4. The van der Waals surface area contributed by atoms with Crippen LogP contribution in [0.1, 0.15) is 19.3 Å². The van der Waals surface area contributed by atoms with E-state index in [2.05, 4.69) is 19.2 Å². The molecule has 0 bridgehead atoms. The van der Waals surface area contributed by atoms with Crippen LogP contribution in [-0.4, -0.2) is 38.2 Å². The van der Waals surface area contributed by atoms with Crippen LogP contribution < -0.4 is 0 Å². The Morgan fingerprint density at radius 1 is 1.00 bits per heavy atom. The van der Waals surface area contributed by atoms with Gasteiger partial charge >= 0.3 is 24.0 Å². The number of hydrogen-bond acceptors (Lipinski definition) is 4. The molecule has 6 heteroatoms. The maximum Gasteiger partial charge on any atom is 0.389 e. The lowest BCUT2D eigenvalue weighted by Crippen LogP contribution is -2.21. The van der Waals surface area contributed by atoms with E-state index in [0.29, 0.717) is 6.42 Å². The molecule has 92 valence electrons. The second kappa shape index (κ2) is 8.12. The molecule has 2 atom stereocenters. The smallest absolute Gasteiger partial charge is 0.389 e. The first kappa shape index (κ1) is 14.9. The Hall–Kier alpha value is -2.08. The van der Waals surface area contributed by atoms with Crippen LogP contribution in [0.15, 0.2) is 0 Å². The summed E-state index contributed by atoms with van der Waals surface area (Å²) in [7, 11) is 2.44. The van der Waals surface area contributed by atoms with Crippen molar-refractivity contribution < 1.29 is 19.1 Å². The van der Waals surface area contributed by atoms with Crippen molar-refractivity contribution in [2.75, 3.05) is 14.2 Å². The van der Waals surface area contributed by atoms with Crippen LogP contribution in [0.5, 0.6) is 0 Å². The third-order valence-electron chi connectivity index (χ3n) is 2.21. The molecule has 0 aromatic rings. The summed E-state index contributed by atoms with van der Waals surface area (Å²) in [5.41, 5.74) is 0. The molecule has 0 amide bonds. The SMILES string of the molecule is [C-]#[N+][C@H](CCC[C@@H]([N+]#[C-])C(=O)OC)C(=O)OC. The average molecular weight is 238 g/mol. The van der Waals surface area contributed by atoms with Crippen LogP contribution in [-0.2, 0) is 19.1 Å². The topological polar surface area (TPSA) is 61.3 Å². The third kappa shape index (κ3) is 4.98. The molecule has 0 aliphatic rings. The summed E-state index contributed by atoms with van der Waals surface area (Å²) in [6.07, 6.45) is 0.975. The molecule has 6 nitrogen and oxygen atoms in total. The van der Waals surface area contributed by atoms with Gasteiger partial charge in [0, 0.05) is 12.8 Å². The molecule has 0 heterocycles. The van der Waals surface area contributed by atoms with E-state index in [9.17, 15) is 9.59 Å². The summed E-state index contributed by atoms with van der Waals surface area (Å²) in [6.45, 7) is 13.6. The van der Waals surface area contributed by atoms with E-state index in [-0.39, 0.29) is 12.8 Å². The molecule has 0 aliphatic heterocycles. The van der Waals surface area contributed by atoms with Gasteiger partial charge < -0.3 is 19.2 Å². The molecule has 0 aliphatic carbocycles. The van der Waals surface area contributed by atoms with E-state index in [1.807, 2.05) is 0 Å². The highest BCUT2D eigenvalue weighted by Gasteiger charge is 2.28. The fourth-order valence-corrected chi connectivity index (χ4v) is 1.25. The monoisotopic (exact) mass is 238 g/mol. The van der Waals surface area contributed by atoms with Gasteiger partial charge in [0.1, 0.15) is 0 Å². The standard InChI is InChI=1S/C11H14N2O4/c1-12-8(10(14)16-3)6-5-7-9(13-2)11(15)17-4/h8-9H,5-7H2,3-4H3/t8-,9-/m1/s1. The molecule has 0 saturated heterocycles. The lowest BCUT2D eigenvalue weighted by molar-refractivity contribution is -0.141. The Morgan fingerprint density at radius 2 is 1.35 bits per heavy atom. The molecule has 0 fully saturated rings. The second-order valence-electron chi connectivity index (χ2n) is 3.27. The Labute approximate surface area is 100 Å². The number of nitrogens with zero attached hydrogens (tertiary/aromatic N) is 2. The van der Waals surface area contributed by atoms with Crippen LogP contribution in [0.25, 0.3) is 9.69 Å². The molecule has 0 radical (unpaired) electrons. The summed E-state index contributed by atoms with van der Waals surface area (Å²) < 4.78 is 8.90. The number of ether oxygens (including phenoxy) is 2. The van der Waals surface area contributed by atoms with Crippen LogP contribution in [0.2, 0.25) is 0 Å². The number of esters is 2. The van der Waals surface area contributed by atoms with Gasteiger partial charge in [-0.05, 0) is 6.42 Å². The van der Waals surface area contributed by atoms with Crippen molar-refractivity contribution in [2.45, 2.75) is 31.3 Å². The Bertz CT molecular complexity index is 319. The fraction of sp³-hybridized carbons (Fsp3) is 0.636. The summed E-state index contributed by atoms with van der Waals surface area (Å²) in [6, 6.07) is -1.71. The highest BCUT2D eigenvalue weighted by molar-refractivity contribution is 5.78. The van der Waals surface area contributed by atoms with Gasteiger partial charge in [-0.1, -0.05) is 0 Å². The number of carbonyl (C=O) groups excluding carboxylic acids is 2. The maximum absolute atomic E-state index is 11.1. The van der Waals surface area contributed by atoms with Gasteiger partial charge in [-0.3, -0.25) is 0 Å². The van der Waals surface area contributed by atoms with Crippen molar-refractivity contribution in [3.8, 4) is 0 Å². The molecule has 0 aromatic heterocycles. The molecule has 17 heavy (non-hydrogen) atoms. The van der Waals surface area contributed by atoms with Gasteiger partial charge in [0.15, 0.2) is 0 Å². The normalized spacial score (nSPS) is 12.7. The maximum atomic E-state index is 11.1. The zero-order chi connectivity index (χ0) is 13.3. The van der Waals surface area contributed by atoms with Crippen molar-refractivity contribution in [3.05, 3.63) is 22.8 Å². The number of carbonyl (C=O) groups is 2. The Balaban J connectivity index is 4.13. The van der Waals surface area contributed by atoms with Crippen molar-refractivity contribution in [2.24, 2.45) is 0 Å². The molecule has 0 N–H and O–H groups in total. The van der Waals surface area contributed by atoms with Gasteiger partial charge in [-0.2, -0.15) is 0 Å². The molecule has 0 aromatic carbocycles. The van der Waals surface area contributed by atoms with Gasteiger partial charge in [0.05, 0.1) is 14.2 Å². The van der Waals surface area contributed by atoms with Gasteiger partial charge in [-0.25, -0.2) is 22.7 Å². The number of methoxy groups -OCH3 is 2. The van der Waals surface area contributed by atoms with Crippen molar-refractivity contribution in [3.63, 3.8) is 0 Å². The Kier molecular flexibility index (Phi) is 7.12. The van der Waals surface area contributed by atoms with Crippen molar-refractivity contribution in [1.29, 1.82) is 0 Å². The van der Waals surface area contributed by atoms with E-state index in [1.165, 1.54) is 14.2 Å². The quantitative estimate of drug-likeness (QED) is 0.513. The lowest BCUT2D eigenvalue weighted by atomic mass is 10.1. The van der Waals surface area contributed by atoms with E-state index in [0.717, 1.165) is 0 Å². The van der Waals surface area contributed by atoms with E-state index < -0.39 is 24.0 Å². The predicted molar refractivity (Wildman–Crippen MR) is 58.7 cm³/mol. The highest BCUT2D eigenvalue weighted by atomic mass is 16.5. The van der Waals surface area contributed by atoms with Gasteiger partial charge in [0.25, 0.3) is 0 Å². The van der Waals surface area contributed by atoms with Gasteiger partial charge in [-0.15, -0.1) is 0 Å². The summed E-state index contributed by atoms with van der Waals surface area (Å²) in [5.74, 6) is -1.17. The predicted octanol–water partition coefficient (Wildman–Crippen LogP) is 1.08. The minimum atomic E-state index is -0.857. The molecule has 0 spiro atoms. The fourth-order valence-electron chi connectivity index (χ4n) is 1.25. The Morgan fingerprint density at radius 3 is 1.59 bits per heavy atom. The minimum absolute atomic E-state index is 0.277. The van der Waals surface area contributed by atoms with E-state index in [1.54, 1.807) is 0 Å². The zero-order valence-corrected chi connectivity index (χ0v) is 9.80. The largest absolute Gasteiger partial charge is 0.463 e.